The molecule has 2 aromatic rings. The number of pyridine rings is 1. The topological polar surface area (TPSA) is 94.3 Å². The number of nitrogens with one attached hydrogen (secondary N) is 1. The molecule has 3 N–H and O–H groups in total. The molecule has 0 aliphatic rings. The van der Waals surface area contributed by atoms with Gasteiger partial charge in [-0.25, -0.2) is 4.98 Å². The fourth-order valence-electron chi connectivity index (χ4n) is 1.93. The third-order valence-electron chi connectivity index (χ3n) is 3.08. The highest BCUT2D eigenvalue weighted by Crippen LogP contribution is 2.17. The van der Waals surface area contributed by atoms with Crippen molar-refractivity contribution in [3.05, 3.63) is 59.8 Å². The van der Waals surface area contributed by atoms with E-state index in [2.05, 4.69) is 15.0 Å². The Morgan fingerprint density at radius 3 is 2.36 bits per heavy atom. The number of hydrogen-bond acceptors (Lipinski definition) is 4. The van der Waals surface area contributed by atoms with Crippen LogP contribution in [0.3, 0.4) is 0 Å². The fourth-order valence-corrected chi connectivity index (χ4v) is 1.93. The summed E-state index contributed by atoms with van der Waals surface area (Å²) in [6, 6.07) is 9.68. The molecule has 1 aromatic carbocycles. The fraction of sp³-hybridized carbons (Fsp3) is 0.188. The first-order valence-electron chi connectivity index (χ1n) is 7.07. The summed E-state index contributed by atoms with van der Waals surface area (Å²) in [5.74, 6) is -1.68. The SMILES string of the molecule is NC(=O)[C@H](NC(=O)c1ccc(OCC(F)(F)F)nc1)c1ccccc1. The van der Waals surface area contributed by atoms with Gasteiger partial charge in [0.1, 0.15) is 6.04 Å². The number of rotatable bonds is 6. The van der Waals surface area contributed by atoms with Crippen LogP contribution >= 0.6 is 0 Å². The smallest absolute Gasteiger partial charge is 0.422 e. The van der Waals surface area contributed by atoms with Gasteiger partial charge in [0.25, 0.3) is 5.91 Å². The first-order chi connectivity index (χ1) is 11.8. The zero-order valence-electron chi connectivity index (χ0n) is 12.8. The predicted octanol–water partition coefficient (Wildman–Crippen LogP) is 1.98. The van der Waals surface area contributed by atoms with Crippen LogP contribution in [0.15, 0.2) is 48.7 Å². The summed E-state index contributed by atoms with van der Waals surface area (Å²) < 4.78 is 40.7. The van der Waals surface area contributed by atoms with Gasteiger partial charge in [0.05, 0.1) is 5.56 Å². The molecule has 1 aromatic heterocycles. The first kappa shape index (κ1) is 18.2. The van der Waals surface area contributed by atoms with E-state index in [0.717, 1.165) is 12.3 Å². The van der Waals surface area contributed by atoms with Crippen LogP contribution < -0.4 is 15.8 Å². The zero-order valence-corrected chi connectivity index (χ0v) is 12.8. The lowest BCUT2D eigenvalue weighted by Gasteiger charge is -2.16. The molecule has 0 fully saturated rings. The van der Waals surface area contributed by atoms with Crippen molar-refractivity contribution in [3.63, 3.8) is 0 Å². The molecule has 9 heteroatoms. The highest BCUT2D eigenvalue weighted by Gasteiger charge is 2.28. The Bertz CT molecular complexity index is 734. The minimum absolute atomic E-state index is 0.0431. The quantitative estimate of drug-likeness (QED) is 0.830. The molecule has 0 radical (unpaired) electrons. The van der Waals surface area contributed by atoms with Crippen LogP contribution in [-0.4, -0.2) is 29.6 Å². The van der Waals surface area contributed by atoms with Crippen molar-refractivity contribution in [1.82, 2.24) is 10.3 Å². The van der Waals surface area contributed by atoms with Crippen LogP contribution in [0.2, 0.25) is 0 Å². The summed E-state index contributed by atoms with van der Waals surface area (Å²) in [7, 11) is 0. The number of primary amides is 1. The lowest BCUT2D eigenvalue weighted by atomic mass is 10.1. The Morgan fingerprint density at radius 2 is 1.84 bits per heavy atom. The molecule has 0 saturated heterocycles. The molecule has 2 amide bonds. The number of nitrogens with zero attached hydrogens (tertiary/aromatic N) is 1. The van der Waals surface area contributed by atoms with Gasteiger partial charge >= 0.3 is 6.18 Å². The van der Waals surface area contributed by atoms with E-state index in [9.17, 15) is 22.8 Å². The third-order valence-corrected chi connectivity index (χ3v) is 3.08. The number of hydrogen-bond donors (Lipinski definition) is 2. The second-order valence-electron chi connectivity index (χ2n) is 5.01. The molecule has 25 heavy (non-hydrogen) atoms. The van der Waals surface area contributed by atoms with E-state index in [-0.39, 0.29) is 11.4 Å². The van der Waals surface area contributed by atoms with Crippen LogP contribution in [0.4, 0.5) is 13.2 Å². The molecule has 2 rings (SSSR count). The monoisotopic (exact) mass is 353 g/mol. The maximum atomic E-state index is 12.2. The van der Waals surface area contributed by atoms with Gasteiger partial charge in [0.15, 0.2) is 6.61 Å². The number of carbonyl (C=O) groups excluding carboxylic acids is 2. The van der Waals surface area contributed by atoms with Gasteiger partial charge in [-0.15, -0.1) is 0 Å². The summed E-state index contributed by atoms with van der Waals surface area (Å²) in [4.78, 5) is 27.4. The van der Waals surface area contributed by atoms with Gasteiger partial charge in [0, 0.05) is 12.3 Å². The van der Waals surface area contributed by atoms with Crippen LogP contribution in [0, 0.1) is 0 Å². The van der Waals surface area contributed by atoms with Crippen molar-refractivity contribution < 1.29 is 27.5 Å². The standard InChI is InChI=1S/C16H14F3N3O3/c17-16(18,19)9-25-12-7-6-11(8-21-12)15(24)22-13(14(20)23)10-4-2-1-3-5-10/h1-8,13H,9H2,(H2,20,23)(H,22,24)/t13-/m1/s1. The van der Waals surface area contributed by atoms with E-state index in [1.54, 1.807) is 30.3 Å². The van der Waals surface area contributed by atoms with Gasteiger partial charge in [-0.05, 0) is 11.6 Å². The largest absolute Gasteiger partial charge is 0.468 e. The number of alkyl halides is 3. The minimum Gasteiger partial charge on any atom is -0.468 e. The van der Waals surface area contributed by atoms with Crippen molar-refractivity contribution in [1.29, 1.82) is 0 Å². The maximum Gasteiger partial charge on any atom is 0.422 e. The molecule has 0 spiro atoms. The number of nitrogens with two attached hydrogens (primary N) is 1. The Labute approximate surface area is 140 Å². The molecule has 0 aliphatic heterocycles. The van der Waals surface area contributed by atoms with E-state index in [4.69, 9.17) is 5.73 Å². The molecule has 0 saturated carbocycles. The van der Waals surface area contributed by atoms with Crippen LogP contribution in [-0.2, 0) is 4.79 Å². The first-order valence-corrected chi connectivity index (χ1v) is 7.07. The average Bonchev–Trinajstić information content (AvgIpc) is 2.58. The minimum atomic E-state index is -4.48. The Kier molecular flexibility index (Phi) is 5.58. The lowest BCUT2D eigenvalue weighted by molar-refractivity contribution is -0.154. The Hall–Kier alpha value is -3.10. The normalized spacial score (nSPS) is 12.3. The van der Waals surface area contributed by atoms with Crippen molar-refractivity contribution >= 4 is 11.8 Å². The summed E-state index contributed by atoms with van der Waals surface area (Å²) >= 11 is 0. The lowest BCUT2D eigenvalue weighted by Crippen LogP contribution is -2.37. The number of aromatic nitrogens is 1. The van der Waals surface area contributed by atoms with Gasteiger partial charge in [-0.1, -0.05) is 30.3 Å². The molecule has 132 valence electrons. The number of amides is 2. The number of ether oxygens (including phenoxy) is 1. The molecular weight excluding hydrogens is 339 g/mol. The molecule has 0 aliphatic carbocycles. The van der Waals surface area contributed by atoms with E-state index < -0.39 is 30.6 Å². The highest BCUT2D eigenvalue weighted by molar-refractivity contribution is 5.97. The van der Waals surface area contributed by atoms with Crippen molar-refractivity contribution in [3.8, 4) is 5.88 Å². The Balaban J connectivity index is 2.05. The summed E-state index contributed by atoms with van der Waals surface area (Å²) in [5, 5.41) is 2.45. The predicted molar refractivity (Wildman–Crippen MR) is 81.6 cm³/mol. The second-order valence-corrected chi connectivity index (χ2v) is 5.01. The average molecular weight is 353 g/mol. The summed E-state index contributed by atoms with van der Waals surface area (Å²) in [6.07, 6.45) is -3.44. The molecule has 0 unspecified atom stereocenters. The van der Waals surface area contributed by atoms with Crippen LogP contribution in [0.1, 0.15) is 22.0 Å². The summed E-state index contributed by atoms with van der Waals surface area (Å²) in [6.45, 7) is -1.48. The van der Waals surface area contributed by atoms with Crippen molar-refractivity contribution in [2.75, 3.05) is 6.61 Å². The van der Waals surface area contributed by atoms with E-state index >= 15 is 0 Å². The maximum absolute atomic E-state index is 12.2. The molecular formula is C16H14F3N3O3. The molecule has 6 nitrogen and oxygen atoms in total. The molecule has 0 bridgehead atoms. The molecule has 1 heterocycles. The van der Waals surface area contributed by atoms with Gasteiger partial charge in [-0.3, -0.25) is 9.59 Å². The molecule has 1 atom stereocenters. The van der Waals surface area contributed by atoms with E-state index in [1.165, 1.54) is 6.07 Å². The van der Waals surface area contributed by atoms with E-state index in [0.29, 0.717) is 5.56 Å². The van der Waals surface area contributed by atoms with Crippen LogP contribution in [0.25, 0.3) is 0 Å². The van der Waals surface area contributed by atoms with Crippen molar-refractivity contribution in [2.24, 2.45) is 5.73 Å². The van der Waals surface area contributed by atoms with Gasteiger partial charge in [0.2, 0.25) is 11.8 Å². The third kappa shape index (κ3) is 5.48. The number of benzene rings is 1. The number of carbonyl (C=O) groups is 2. The van der Waals surface area contributed by atoms with Crippen molar-refractivity contribution in [2.45, 2.75) is 12.2 Å². The van der Waals surface area contributed by atoms with Gasteiger partial charge in [-0.2, -0.15) is 13.2 Å². The van der Waals surface area contributed by atoms with Crippen LogP contribution in [0.5, 0.6) is 5.88 Å². The highest BCUT2D eigenvalue weighted by atomic mass is 19.4. The summed E-state index contributed by atoms with van der Waals surface area (Å²) in [5.41, 5.74) is 5.85. The van der Waals surface area contributed by atoms with E-state index in [1.807, 2.05) is 0 Å². The zero-order chi connectivity index (χ0) is 18.4. The Morgan fingerprint density at radius 1 is 1.16 bits per heavy atom. The second kappa shape index (κ2) is 7.65. The van der Waals surface area contributed by atoms with Gasteiger partial charge < -0.3 is 15.8 Å². The number of halogens is 3.